The molecule has 24 heavy (non-hydrogen) atoms. The lowest BCUT2D eigenvalue weighted by Crippen LogP contribution is -2.46. The van der Waals surface area contributed by atoms with Crippen molar-refractivity contribution in [3.8, 4) is 0 Å². The zero-order chi connectivity index (χ0) is 18.3. The fraction of sp³-hybridized carbons (Fsp3) is 0.625. The Balaban J connectivity index is 2.30. The van der Waals surface area contributed by atoms with Crippen molar-refractivity contribution in [2.75, 3.05) is 26.7 Å². The third-order valence-corrected chi connectivity index (χ3v) is 3.42. The van der Waals surface area contributed by atoms with Crippen LogP contribution < -0.4 is 5.32 Å². The van der Waals surface area contributed by atoms with Crippen molar-refractivity contribution in [2.45, 2.75) is 39.2 Å². The summed E-state index contributed by atoms with van der Waals surface area (Å²) in [7, 11) is 1.67. The molecule has 0 radical (unpaired) electrons. The van der Waals surface area contributed by atoms with E-state index in [1.54, 1.807) is 7.05 Å². The molecule has 0 aliphatic carbocycles. The summed E-state index contributed by atoms with van der Waals surface area (Å²) >= 11 is 0. The van der Waals surface area contributed by atoms with Crippen LogP contribution in [-0.2, 0) is 24.0 Å². The molecule has 0 unspecified atom stereocenters. The van der Waals surface area contributed by atoms with Crippen LogP contribution >= 0.6 is 0 Å². The maximum atomic E-state index is 12.0. The summed E-state index contributed by atoms with van der Waals surface area (Å²) in [4.78, 5) is 52.2. The summed E-state index contributed by atoms with van der Waals surface area (Å²) in [5.74, 6) is -1.03. The third-order valence-electron chi connectivity index (χ3n) is 3.42. The highest BCUT2D eigenvalue weighted by molar-refractivity contribution is 6.13. The molecule has 3 amide bonds. The van der Waals surface area contributed by atoms with E-state index in [0.29, 0.717) is 13.0 Å². The lowest BCUT2D eigenvalue weighted by atomic mass is 10.0. The number of rotatable bonds is 10. The molecule has 8 heteroatoms. The van der Waals surface area contributed by atoms with Gasteiger partial charge in [0.25, 0.3) is 11.8 Å². The van der Waals surface area contributed by atoms with Gasteiger partial charge in [-0.3, -0.25) is 28.9 Å². The molecule has 0 spiro atoms. The molecular formula is C16H25N3O5. The third kappa shape index (κ3) is 7.01. The van der Waals surface area contributed by atoms with E-state index in [4.69, 9.17) is 4.84 Å². The first-order valence-electron chi connectivity index (χ1n) is 7.79. The molecule has 0 aromatic carbocycles. The highest BCUT2D eigenvalue weighted by Gasteiger charge is 2.25. The van der Waals surface area contributed by atoms with Gasteiger partial charge in [0, 0.05) is 37.7 Å². The van der Waals surface area contributed by atoms with E-state index in [2.05, 4.69) is 5.32 Å². The minimum atomic E-state index is -0.509. The largest absolute Gasteiger partial charge is 0.351 e. The van der Waals surface area contributed by atoms with Crippen molar-refractivity contribution in [2.24, 2.45) is 0 Å². The number of nitrogens with zero attached hydrogens (tertiary/aromatic N) is 2. The molecule has 0 aromatic rings. The van der Waals surface area contributed by atoms with Gasteiger partial charge in [0.15, 0.2) is 0 Å². The van der Waals surface area contributed by atoms with Crippen molar-refractivity contribution in [1.82, 2.24) is 15.3 Å². The van der Waals surface area contributed by atoms with Gasteiger partial charge in [0.05, 0.1) is 13.2 Å². The number of nitrogens with one attached hydrogen (secondary N) is 1. The van der Waals surface area contributed by atoms with Crippen LogP contribution in [0.15, 0.2) is 12.2 Å². The van der Waals surface area contributed by atoms with E-state index in [9.17, 15) is 19.2 Å². The molecule has 0 aromatic heterocycles. The van der Waals surface area contributed by atoms with Crippen LogP contribution in [-0.4, -0.2) is 65.8 Å². The molecule has 0 atom stereocenters. The molecule has 134 valence electrons. The fourth-order valence-corrected chi connectivity index (χ4v) is 2.18. The summed E-state index contributed by atoms with van der Waals surface area (Å²) < 4.78 is 0. The highest BCUT2D eigenvalue weighted by Crippen LogP contribution is 2.10. The Labute approximate surface area is 141 Å². The maximum Gasteiger partial charge on any atom is 0.253 e. The van der Waals surface area contributed by atoms with Gasteiger partial charge in [-0.05, 0) is 27.2 Å². The number of amides is 3. The van der Waals surface area contributed by atoms with Gasteiger partial charge in [0.2, 0.25) is 5.91 Å². The van der Waals surface area contributed by atoms with E-state index in [0.717, 1.165) is 4.90 Å². The maximum absolute atomic E-state index is 12.0. The summed E-state index contributed by atoms with van der Waals surface area (Å²) in [5, 5.41) is 4.31. The predicted molar refractivity (Wildman–Crippen MR) is 86.6 cm³/mol. The highest BCUT2D eigenvalue weighted by atomic mass is 16.7. The molecule has 0 saturated heterocycles. The van der Waals surface area contributed by atoms with Crippen molar-refractivity contribution in [1.29, 1.82) is 0 Å². The minimum absolute atomic E-state index is 0.00515. The molecule has 1 aliphatic rings. The van der Waals surface area contributed by atoms with Crippen LogP contribution in [0.4, 0.5) is 0 Å². The van der Waals surface area contributed by atoms with E-state index >= 15 is 0 Å². The molecule has 1 rings (SSSR count). The second-order valence-corrected chi connectivity index (χ2v) is 6.41. The Kier molecular flexibility index (Phi) is 7.24. The second-order valence-electron chi connectivity index (χ2n) is 6.41. The van der Waals surface area contributed by atoms with Gasteiger partial charge in [-0.2, -0.15) is 5.06 Å². The number of imide groups is 1. The molecular weight excluding hydrogens is 314 g/mol. The number of likely N-dealkylation sites (N-methyl/N-ethyl adjacent to an activating group) is 1. The SMILES string of the molecule is CC(=O)CN(C)OCCC(C)(C)NC(=O)CCN1C(=O)C=CC1=O. The molecule has 1 heterocycles. The molecule has 0 saturated carbocycles. The van der Waals surface area contributed by atoms with E-state index in [-0.39, 0.29) is 31.2 Å². The molecule has 8 nitrogen and oxygen atoms in total. The Morgan fingerprint density at radius 2 is 1.83 bits per heavy atom. The van der Waals surface area contributed by atoms with Crippen LogP contribution in [0.25, 0.3) is 0 Å². The first kappa shape index (κ1) is 20.0. The Bertz CT molecular complexity index is 524. The summed E-state index contributed by atoms with van der Waals surface area (Å²) in [5.41, 5.74) is -0.509. The van der Waals surface area contributed by atoms with Crippen LogP contribution in [0, 0.1) is 0 Å². The van der Waals surface area contributed by atoms with E-state index in [1.165, 1.54) is 24.1 Å². The first-order chi connectivity index (χ1) is 11.1. The average Bonchev–Trinajstić information content (AvgIpc) is 2.74. The van der Waals surface area contributed by atoms with Crippen molar-refractivity contribution >= 4 is 23.5 Å². The predicted octanol–water partition coefficient (Wildman–Crippen LogP) is 0.0388. The number of hydrogen-bond acceptors (Lipinski definition) is 6. The van der Waals surface area contributed by atoms with E-state index in [1.807, 2.05) is 13.8 Å². The standard InChI is InChI=1S/C16H25N3O5/c1-12(20)11-18(4)24-10-8-16(2,3)17-13(21)7-9-19-14(22)5-6-15(19)23/h5-6H,7-11H2,1-4H3,(H,17,21). The Morgan fingerprint density at radius 3 is 2.38 bits per heavy atom. The molecule has 1 N–H and O–H groups in total. The van der Waals surface area contributed by atoms with Gasteiger partial charge in [0.1, 0.15) is 5.78 Å². The van der Waals surface area contributed by atoms with Gasteiger partial charge in [-0.15, -0.1) is 0 Å². The summed E-state index contributed by atoms with van der Waals surface area (Å²) in [6, 6.07) is 0. The average molecular weight is 339 g/mol. The lowest BCUT2D eigenvalue weighted by molar-refractivity contribution is -0.154. The van der Waals surface area contributed by atoms with E-state index < -0.39 is 17.4 Å². The van der Waals surface area contributed by atoms with Crippen molar-refractivity contribution in [3.05, 3.63) is 12.2 Å². The quantitative estimate of drug-likeness (QED) is 0.446. The number of hydrogen-bond donors (Lipinski definition) is 1. The van der Waals surface area contributed by atoms with Gasteiger partial charge >= 0.3 is 0 Å². The van der Waals surface area contributed by atoms with Gasteiger partial charge < -0.3 is 5.32 Å². The topological polar surface area (TPSA) is 96.0 Å². The number of hydroxylamine groups is 2. The molecule has 0 bridgehead atoms. The van der Waals surface area contributed by atoms with Crippen LogP contribution in [0.5, 0.6) is 0 Å². The normalized spacial score (nSPS) is 14.6. The Hall–Kier alpha value is -2.06. The van der Waals surface area contributed by atoms with Crippen molar-refractivity contribution < 1.29 is 24.0 Å². The number of ketones is 1. The number of Topliss-reactive ketones (excluding diaryl/α,β-unsaturated/α-hetero) is 1. The fourth-order valence-electron chi connectivity index (χ4n) is 2.18. The zero-order valence-electron chi connectivity index (χ0n) is 14.6. The van der Waals surface area contributed by atoms with Crippen LogP contribution in [0.3, 0.4) is 0 Å². The van der Waals surface area contributed by atoms with Gasteiger partial charge in [-0.1, -0.05) is 0 Å². The van der Waals surface area contributed by atoms with Gasteiger partial charge in [-0.25, -0.2) is 0 Å². The first-order valence-corrected chi connectivity index (χ1v) is 7.79. The summed E-state index contributed by atoms with van der Waals surface area (Å²) in [6.07, 6.45) is 2.98. The molecule has 1 aliphatic heterocycles. The smallest absolute Gasteiger partial charge is 0.253 e. The lowest BCUT2D eigenvalue weighted by Gasteiger charge is -2.27. The summed E-state index contributed by atoms with van der Waals surface area (Å²) in [6.45, 7) is 5.81. The number of carbonyl (C=O) groups excluding carboxylic acids is 4. The van der Waals surface area contributed by atoms with Crippen LogP contribution in [0.2, 0.25) is 0 Å². The zero-order valence-corrected chi connectivity index (χ0v) is 14.6. The minimum Gasteiger partial charge on any atom is -0.351 e. The monoisotopic (exact) mass is 339 g/mol. The van der Waals surface area contributed by atoms with Crippen molar-refractivity contribution in [3.63, 3.8) is 0 Å². The second kappa shape index (κ2) is 8.70. The number of carbonyl (C=O) groups is 4. The Morgan fingerprint density at radius 1 is 1.25 bits per heavy atom. The van der Waals surface area contributed by atoms with Crippen LogP contribution in [0.1, 0.15) is 33.6 Å². The molecule has 0 fully saturated rings.